The number of pyridine rings is 1. The molecule has 5 nitrogen and oxygen atoms in total. The summed E-state index contributed by atoms with van der Waals surface area (Å²) in [6.45, 7) is 0.615. The topological polar surface area (TPSA) is 59.3 Å². The van der Waals surface area contributed by atoms with Crippen molar-refractivity contribution in [2.45, 2.75) is 25.7 Å². The molecular formula is C20H20N4OS. The number of rotatable bonds is 7. The molecule has 132 valence electrons. The highest BCUT2D eigenvalue weighted by atomic mass is 32.1. The van der Waals surface area contributed by atoms with Crippen molar-refractivity contribution in [3.63, 3.8) is 0 Å². The summed E-state index contributed by atoms with van der Waals surface area (Å²) in [4.78, 5) is 21.2. The van der Waals surface area contributed by atoms with E-state index in [1.165, 1.54) is 4.70 Å². The molecule has 1 aromatic carbocycles. The zero-order chi connectivity index (χ0) is 17.8. The van der Waals surface area contributed by atoms with Gasteiger partial charge in [-0.2, -0.15) is 0 Å². The van der Waals surface area contributed by atoms with Gasteiger partial charge in [-0.3, -0.25) is 4.79 Å². The van der Waals surface area contributed by atoms with Gasteiger partial charge in [-0.15, -0.1) is 11.3 Å². The lowest BCUT2D eigenvalue weighted by Crippen LogP contribution is -2.25. The zero-order valence-corrected chi connectivity index (χ0v) is 15.2. The number of aromatic nitrogens is 3. The number of aryl methyl sites for hydroxylation is 1. The molecule has 3 aromatic heterocycles. The van der Waals surface area contributed by atoms with Crippen LogP contribution in [0.5, 0.6) is 0 Å². The fraction of sp³-hybridized carbons (Fsp3) is 0.250. The number of hydrogen-bond acceptors (Lipinski definition) is 4. The lowest BCUT2D eigenvalue weighted by Gasteiger charge is -2.03. The van der Waals surface area contributed by atoms with Crippen LogP contribution in [0.15, 0.2) is 54.9 Å². The second-order valence-electron chi connectivity index (χ2n) is 6.23. The van der Waals surface area contributed by atoms with Crippen molar-refractivity contribution in [3.05, 3.63) is 65.6 Å². The van der Waals surface area contributed by atoms with E-state index in [9.17, 15) is 4.79 Å². The van der Waals surface area contributed by atoms with E-state index in [0.29, 0.717) is 13.0 Å². The summed E-state index contributed by atoms with van der Waals surface area (Å²) in [5.41, 5.74) is 2.97. The van der Waals surface area contributed by atoms with Crippen LogP contribution in [0, 0.1) is 0 Å². The van der Waals surface area contributed by atoms with Gasteiger partial charge in [-0.05, 0) is 37.1 Å². The van der Waals surface area contributed by atoms with E-state index in [4.69, 9.17) is 0 Å². The molecule has 0 aliphatic heterocycles. The number of nitrogens with one attached hydrogen (secondary N) is 1. The molecule has 4 aromatic rings. The predicted octanol–water partition coefficient (Wildman–Crippen LogP) is 3.63. The van der Waals surface area contributed by atoms with Gasteiger partial charge in [0.1, 0.15) is 5.65 Å². The zero-order valence-electron chi connectivity index (χ0n) is 14.4. The highest BCUT2D eigenvalue weighted by Crippen LogP contribution is 2.22. The molecule has 1 N–H and O–H groups in total. The molecule has 3 heterocycles. The summed E-state index contributed by atoms with van der Waals surface area (Å²) in [7, 11) is 0. The second-order valence-corrected chi connectivity index (χ2v) is 7.34. The number of hydrogen-bond donors (Lipinski definition) is 1. The van der Waals surface area contributed by atoms with Gasteiger partial charge in [0.05, 0.1) is 20.9 Å². The maximum Gasteiger partial charge on any atom is 0.220 e. The third kappa shape index (κ3) is 3.91. The van der Waals surface area contributed by atoms with Crippen LogP contribution in [0.25, 0.3) is 15.9 Å². The molecule has 0 unspecified atom stereocenters. The van der Waals surface area contributed by atoms with Crippen molar-refractivity contribution < 1.29 is 4.79 Å². The minimum atomic E-state index is 0.0925. The molecular weight excluding hydrogens is 344 g/mol. The van der Waals surface area contributed by atoms with E-state index >= 15 is 0 Å². The second kappa shape index (κ2) is 7.66. The number of fused-ring (bicyclic) bond motifs is 2. The molecule has 0 saturated heterocycles. The van der Waals surface area contributed by atoms with Crippen LogP contribution in [0.1, 0.15) is 23.5 Å². The normalized spacial score (nSPS) is 11.2. The molecule has 4 rings (SSSR count). The van der Waals surface area contributed by atoms with E-state index in [1.54, 1.807) is 11.3 Å². The smallest absolute Gasteiger partial charge is 0.220 e. The van der Waals surface area contributed by atoms with Gasteiger partial charge < -0.3 is 9.72 Å². The number of para-hydroxylation sites is 1. The Balaban J connectivity index is 1.20. The molecule has 0 aliphatic rings. The van der Waals surface area contributed by atoms with Gasteiger partial charge in [0.2, 0.25) is 5.91 Å². The van der Waals surface area contributed by atoms with Crippen molar-refractivity contribution in [2.24, 2.45) is 0 Å². The molecule has 0 fully saturated rings. The number of nitrogens with zero attached hydrogens (tertiary/aromatic N) is 3. The molecule has 0 spiro atoms. The highest BCUT2D eigenvalue weighted by molar-refractivity contribution is 7.18. The number of thiazole rings is 1. The summed E-state index contributed by atoms with van der Waals surface area (Å²) >= 11 is 1.71. The number of amides is 1. The van der Waals surface area contributed by atoms with Crippen LogP contribution in [-0.4, -0.2) is 26.8 Å². The molecule has 0 bridgehead atoms. The summed E-state index contributed by atoms with van der Waals surface area (Å²) < 4.78 is 3.20. The van der Waals surface area contributed by atoms with Crippen molar-refractivity contribution >= 4 is 33.1 Å². The van der Waals surface area contributed by atoms with Gasteiger partial charge in [-0.25, -0.2) is 9.97 Å². The summed E-state index contributed by atoms with van der Waals surface area (Å²) in [6.07, 6.45) is 6.92. The molecule has 1 amide bonds. The van der Waals surface area contributed by atoms with Gasteiger partial charge in [-0.1, -0.05) is 18.2 Å². The summed E-state index contributed by atoms with van der Waals surface area (Å²) in [5, 5.41) is 4.08. The number of carbonyl (C=O) groups is 1. The summed E-state index contributed by atoms with van der Waals surface area (Å²) in [5.74, 6) is 0.0925. The monoisotopic (exact) mass is 364 g/mol. The minimum absolute atomic E-state index is 0.0925. The first-order chi connectivity index (χ1) is 12.8. The Morgan fingerprint density at radius 3 is 2.85 bits per heavy atom. The van der Waals surface area contributed by atoms with Crippen molar-refractivity contribution in [1.29, 1.82) is 0 Å². The molecule has 6 heteroatoms. The number of carbonyl (C=O) groups excluding carboxylic acids is 1. The Kier molecular flexibility index (Phi) is 4.93. The molecule has 0 saturated carbocycles. The molecule has 0 atom stereocenters. The largest absolute Gasteiger partial charge is 0.356 e. The van der Waals surface area contributed by atoms with Crippen LogP contribution in [0.3, 0.4) is 0 Å². The van der Waals surface area contributed by atoms with Gasteiger partial charge >= 0.3 is 0 Å². The van der Waals surface area contributed by atoms with Gasteiger partial charge in [0, 0.05) is 31.8 Å². The van der Waals surface area contributed by atoms with E-state index in [-0.39, 0.29) is 5.91 Å². The Bertz CT molecular complexity index is 888. The summed E-state index contributed by atoms with van der Waals surface area (Å²) in [6, 6.07) is 14.1. The Morgan fingerprint density at radius 2 is 1.96 bits per heavy atom. The van der Waals surface area contributed by atoms with E-state index in [2.05, 4.69) is 21.4 Å². The quantitative estimate of drug-likeness (QED) is 0.545. The van der Waals surface area contributed by atoms with E-state index in [1.807, 2.05) is 53.2 Å². The molecule has 26 heavy (non-hydrogen) atoms. The Hall–Kier alpha value is -2.73. The van der Waals surface area contributed by atoms with Crippen LogP contribution in [0.4, 0.5) is 0 Å². The Labute approximate surface area is 155 Å². The maximum atomic E-state index is 12.0. The van der Waals surface area contributed by atoms with Crippen LogP contribution >= 0.6 is 11.3 Å². The number of benzene rings is 1. The van der Waals surface area contributed by atoms with E-state index in [0.717, 1.165) is 41.1 Å². The standard InChI is InChI=1S/C20H20N4OS/c25-19(9-5-10-20-23-16-6-1-2-7-17(16)26-20)21-12-11-15-14-24-13-4-3-8-18(24)22-15/h1-4,6-8,13-14H,5,9-12H2,(H,21,25). The fourth-order valence-corrected chi connectivity index (χ4v) is 3.96. The molecule has 0 radical (unpaired) electrons. The lowest BCUT2D eigenvalue weighted by molar-refractivity contribution is -0.121. The average Bonchev–Trinajstić information content (AvgIpc) is 3.24. The van der Waals surface area contributed by atoms with Crippen molar-refractivity contribution in [1.82, 2.24) is 19.7 Å². The van der Waals surface area contributed by atoms with E-state index < -0.39 is 0 Å². The first-order valence-electron chi connectivity index (χ1n) is 8.82. The van der Waals surface area contributed by atoms with Crippen LogP contribution in [-0.2, 0) is 17.6 Å². The maximum absolute atomic E-state index is 12.0. The minimum Gasteiger partial charge on any atom is -0.356 e. The third-order valence-corrected chi connectivity index (χ3v) is 5.35. The SMILES string of the molecule is O=C(CCCc1nc2ccccc2s1)NCCc1cn2ccccc2n1. The van der Waals surface area contributed by atoms with Gasteiger partial charge in [0.25, 0.3) is 0 Å². The van der Waals surface area contributed by atoms with Crippen molar-refractivity contribution in [2.75, 3.05) is 6.54 Å². The van der Waals surface area contributed by atoms with Crippen molar-refractivity contribution in [3.8, 4) is 0 Å². The Morgan fingerprint density at radius 1 is 1.08 bits per heavy atom. The van der Waals surface area contributed by atoms with Crippen LogP contribution < -0.4 is 5.32 Å². The number of imidazole rings is 1. The first kappa shape index (κ1) is 16.7. The van der Waals surface area contributed by atoms with Crippen LogP contribution in [0.2, 0.25) is 0 Å². The highest BCUT2D eigenvalue weighted by Gasteiger charge is 2.06. The average molecular weight is 364 g/mol. The lowest BCUT2D eigenvalue weighted by atomic mass is 10.2. The molecule has 0 aliphatic carbocycles. The predicted molar refractivity (Wildman–Crippen MR) is 104 cm³/mol. The third-order valence-electron chi connectivity index (χ3n) is 4.25. The first-order valence-corrected chi connectivity index (χ1v) is 9.63. The van der Waals surface area contributed by atoms with Gasteiger partial charge in [0.15, 0.2) is 0 Å². The fourth-order valence-electron chi connectivity index (χ4n) is 2.95.